The molecule has 1 fully saturated rings. The maximum absolute atomic E-state index is 12.9. The summed E-state index contributed by atoms with van der Waals surface area (Å²) in [4.78, 5) is 0. The van der Waals surface area contributed by atoms with Crippen molar-refractivity contribution in [2.45, 2.75) is 57.2 Å². The van der Waals surface area contributed by atoms with Crippen LogP contribution in [0.2, 0.25) is 0 Å². The molecule has 1 aliphatic rings. The Balaban J connectivity index is 2.08. The second-order valence-corrected chi connectivity index (χ2v) is 6.23. The van der Waals surface area contributed by atoms with Gasteiger partial charge in [-0.15, -0.1) is 0 Å². The maximum atomic E-state index is 12.9. The zero-order valence-corrected chi connectivity index (χ0v) is 12.9. The number of rotatable bonds is 2. The molecule has 20 heavy (non-hydrogen) atoms. The lowest BCUT2D eigenvalue weighted by atomic mass is 9.96. The number of alkyl halides is 3. The minimum absolute atomic E-state index is 0.0909. The van der Waals surface area contributed by atoms with E-state index in [-0.39, 0.29) is 10.5 Å². The number of nitrogens with one attached hydrogen (secondary N) is 1. The molecule has 0 saturated heterocycles. The van der Waals surface area contributed by atoms with Crippen molar-refractivity contribution >= 4 is 21.6 Å². The van der Waals surface area contributed by atoms with Gasteiger partial charge in [-0.25, -0.2) is 0 Å². The molecule has 0 atom stereocenters. The molecular weight excluding hydrogens is 331 g/mol. The average Bonchev–Trinajstić information content (AvgIpc) is 2.33. The van der Waals surface area contributed by atoms with Crippen LogP contribution in [0.1, 0.15) is 50.5 Å². The minimum Gasteiger partial charge on any atom is -0.382 e. The van der Waals surface area contributed by atoms with Crippen LogP contribution in [-0.4, -0.2) is 6.04 Å². The fourth-order valence-corrected chi connectivity index (χ4v) is 3.14. The average molecular weight is 350 g/mol. The topological polar surface area (TPSA) is 12.0 Å². The van der Waals surface area contributed by atoms with E-state index in [1.165, 1.54) is 31.4 Å². The van der Waals surface area contributed by atoms with Gasteiger partial charge in [-0.05, 0) is 31.0 Å². The van der Waals surface area contributed by atoms with Crippen molar-refractivity contribution in [3.8, 4) is 0 Å². The number of hydrogen-bond donors (Lipinski definition) is 1. The summed E-state index contributed by atoms with van der Waals surface area (Å²) < 4.78 is 38.7. The van der Waals surface area contributed by atoms with Crippen LogP contribution in [-0.2, 0) is 6.18 Å². The first-order valence-corrected chi connectivity index (χ1v) is 7.89. The summed E-state index contributed by atoms with van der Waals surface area (Å²) in [6.07, 6.45) is 3.80. The smallest absolute Gasteiger partial charge is 0.382 e. The first kappa shape index (κ1) is 15.7. The molecule has 0 heterocycles. The lowest BCUT2D eigenvalue weighted by Crippen LogP contribution is -2.21. The molecule has 0 amide bonds. The second-order valence-electron chi connectivity index (χ2n) is 5.38. The van der Waals surface area contributed by atoms with Gasteiger partial charge in [0.1, 0.15) is 0 Å². The molecule has 0 spiro atoms. The monoisotopic (exact) mass is 349 g/mol. The van der Waals surface area contributed by atoms with Crippen LogP contribution >= 0.6 is 15.9 Å². The van der Waals surface area contributed by atoms with Crippen LogP contribution in [0.15, 0.2) is 22.7 Å². The van der Waals surface area contributed by atoms with Crippen LogP contribution < -0.4 is 5.32 Å². The van der Waals surface area contributed by atoms with Crippen LogP contribution in [0, 0.1) is 0 Å². The highest BCUT2D eigenvalue weighted by Crippen LogP contribution is 2.36. The molecule has 1 saturated carbocycles. The lowest BCUT2D eigenvalue weighted by Gasteiger charge is -2.23. The van der Waals surface area contributed by atoms with Gasteiger partial charge in [0, 0.05) is 16.2 Å². The predicted octanol–water partition coefficient (Wildman–Crippen LogP) is 5.99. The first-order valence-electron chi connectivity index (χ1n) is 7.10. The Kier molecular flexibility index (Phi) is 5.35. The van der Waals surface area contributed by atoms with Gasteiger partial charge in [-0.2, -0.15) is 13.2 Å². The summed E-state index contributed by atoms with van der Waals surface area (Å²) >= 11 is 2.97. The number of hydrogen-bond acceptors (Lipinski definition) is 1. The van der Waals surface area contributed by atoms with Gasteiger partial charge in [0.05, 0.1) is 5.56 Å². The Morgan fingerprint density at radius 2 is 1.60 bits per heavy atom. The molecule has 2 rings (SSSR count). The van der Waals surface area contributed by atoms with E-state index in [0.717, 1.165) is 25.7 Å². The van der Waals surface area contributed by atoms with Gasteiger partial charge >= 0.3 is 6.18 Å². The number of halogens is 4. The van der Waals surface area contributed by atoms with Gasteiger partial charge in [0.15, 0.2) is 0 Å². The zero-order valence-electron chi connectivity index (χ0n) is 11.3. The van der Waals surface area contributed by atoms with Crippen molar-refractivity contribution in [1.29, 1.82) is 0 Å². The first-order chi connectivity index (χ1) is 9.47. The normalized spacial score (nSPS) is 18.4. The molecular formula is C15H19BrF3N. The summed E-state index contributed by atoms with van der Waals surface area (Å²) in [7, 11) is 0. The Labute approximate surface area is 126 Å². The van der Waals surface area contributed by atoms with E-state index < -0.39 is 11.7 Å². The van der Waals surface area contributed by atoms with Crippen LogP contribution in [0.25, 0.3) is 0 Å². The summed E-state index contributed by atoms with van der Waals surface area (Å²) in [5.41, 5.74) is -0.0561. The van der Waals surface area contributed by atoms with Gasteiger partial charge in [0.25, 0.3) is 0 Å². The zero-order chi connectivity index (χ0) is 14.6. The highest BCUT2D eigenvalue weighted by Gasteiger charge is 2.33. The van der Waals surface area contributed by atoms with E-state index >= 15 is 0 Å². The Hall–Kier alpha value is -0.710. The Morgan fingerprint density at radius 3 is 2.20 bits per heavy atom. The standard InChI is InChI=1S/C15H19BrF3N/c16-14-9-8-12(10-13(14)15(17,18)19)20-11-6-4-2-1-3-5-7-11/h8-11,20H,1-7H2. The third kappa shape index (κ3) is 4.40. The van der Waals surface area contributed by atoms with Crippen molar-refractivity contribution in [3.05, 3.63) is 28.2 Å². The van der Waals surface area contributed by atoms with Crippen LogP contribution in [0.5, 0.6) is 0 Å². The Morgan fingerprint density at radius 1 is 1.00 bits per heavy atom. The Bertz CT molecular complexity index is 437. The number of benzene rings is 1. The summed E-state index contributed by atoms with van der Waals surface area (Å²) in [6, 6.07) is 4.66. The quantitative estimate of drug-likeness (QED) is 0.691. The summed E-state index contributed by atoms with van der Waals surface area (Å²) in [5.74, 6) is 0. The SMILES string of the molecule is FC(F)(F)c1cc(NC2CCCCCCC2)ccc1Br. The maximum Gasteiger partial charge on any atom is 0.417 e. The highest BCUT2D eigenvalue weighted by atomic mass is 79.9. The third-order valence-electron chi connectivity index (χ3n) is 3.75. The van der Waals surface area contributed by atoms with E-state index in [2.05, 4.69) is 21.2 Å². The second kappa shape index (κ2) is 6.83. The molecule has 0 aliphatic heterocycles. The van der Waals surface area contributed by atoms with Gasteiger partial charge in [-0.3, -0.25) is 0 Å². The highest BCUT2D eigenvalue weighted by molar-refractivity contribution is 9.10. The molecule has 5 heteroatoms. The molecule has 1 aromatic carbocycles. The molecule has 1 aliphatic carbocycles. The summed E-state index contributed by atoms with van der Waals surface area (Å²) in [5, 5.41) is 3.27. The molecule has 0 aromatic heterocycles. The molecule has 0 radical (unpaired) electrons. The summed E-state index contributed by atoms with van der Waals surface area (Å²) in [6.45, 7) is 0. The fourth-order valence-electron chi connectivity index (χ4n) is 2.67. The predicted molar refractivity (Wildman–Crippen MR) is 78.9 cm³/mol. The van der Waals surface area contributed by atoms with E-state index in [9.17, 15) is 13.2 Å². The molecule has 1 nitrogen and oxygen atoms in total. The largest absolute Gasteiger partial charge is 0.417 e. The third-order valence-corrected chi connectivity index (χ3v) is 4.44. The van der Waals surface area contributed by atoms with Crippen molar-refractivity contribution in [2.75, 3.05) is 5.32 Å². The van der Waals surface area contributed by atoms with Gasteiger partial charge in [0.2, 0.25) is 0 Å². The van der Waals surface area contributed by atoms with E-state index in [1.807, 2.05) is 0 Å². The number of anilines is 1. The van der Waals surface area contributed by atoms with E-state index in [1.54, 1.807) is 6.07 Å². The van der Waals surface area contributed by atoms with Crippen LogP contribution in [0.4, 0.5) is 18.9 Å². The minimum atomic E-state index is -4.32. The molecule has 112 valence electrons. The lowest BCUT2D eigenvalue weighted by molar-refractivity contribution is -0.138. The van der Waals surface area contributed by atoms with Crippen molar-refractivity contribution in [2.24, 2.45) is 0 Å². The molecule has 0 unspecified atom stereocenters. The van der Waals surface area contributed by atoms with E-state index in [0.29, 0.717) is 5.69 Å². The van der Waals surface area contributed by atoms with E-state index in [4.69, 9.17) is 0 Å². The molecule has 1 aromatic rings. The van der Waals surface area contributed by atoms with Crippen molar-refractivity contribution in [1.82, 2.24) is 0 Å². The van der Waals surface area contributed by atoms with Gasteiger partial charge in [-0.1, -0.05) is 48.0 Å². The van der Waals surface area contributed by atoms with Crippen molar-refractivity contribution < 1.29 is 13.2 Å². The fraction of sp³-hybridized carbons (Fsp3) is 0.600. The van der Waals surface area contributed by atoms with Crippen molar-refractivity contribution in [3.63, 3.8) is 0 Å². The molecule has 1 N–H and O–H groups in total. The van der Waals surface area contributed by atoms with Gasteiger partial charge < -0.3 is 5.32 Å². The molecule has 0 bridgehead atoms. The van der Waals surface area contributed by atoms with Crippen LogP contribution in [0.3, 0.4) is 0 Å².